The lowest BCUT2D eigenvalue weighted by atomic mass is 9.82. The smallest absolute Gasteiger partial charge is 0.187 e. The third-order valence-corrected chi connectivity index (χ3v) is 8.96. The van der Waals surface area contributed by atoms with E-state index in [0.717, 1.165) is 72.2 Å². The zero-order chi connectivity index (χ0) is 33.4. The average molecular weight is 635 g/mol. The summed E-state index contributed by atoms with van der Waals surface area (Å²) in [5.41, 5.74) is 6.36. The Bertz CT molecular complexity index is 1760. The van der Waals surface area contributed by atoms with Gasteiger partial charge < -0.3 is 19.7 Å². The van der Waals surface area contributed by atoms with Crippen LogP contribution >= 0.6 is 0 Å². The van der Waals surface area contributed by atoms with Crippen molar-refractivity contribution < 1.29 is 18.3 Å². The molecule has 6 rings (SSSR count). The van der Waals surface area contributed by atoms with Gasteiger partial charge in [-0.1, -0.05) is 60.7 Å². The number of nitrogens with zero attached hydrogens (tertiary/aromatic N) is 3. The van der Waals surface area contributed by atoms with Crippen molar-refractivity contribution in [3.63, 3.8) is 0 Å². The van der Waals surface area contributed by atoms with Crippen molar-refractivity contribution in [3.05, 3.63) is 153 Å². The average Bonchev–Trinajstić information content (AvgIpc) is 3.64. The number of fused-ring (bicyclic) bond motifs is 2. The summed E-state index contributed by atoms with van der Waals surface area (Å²) in [6, 6.07) is 24.6. The molecule has 2 heterocycles. The standard InChI is InChI=1S/C20H21FN2O.C19H19FN2O/c1-22-18-9-10-19-15(13-18)14-24-20(19,11-4-12-23(2)3)16-5-7-17(21)8-6-16;1-21-11-3-10-19(15-4-6-16(20)7-5-15)18-9-8-17(22-2)12-14(18)13-23-19/h5-10,13H,4,11-12,14H2,2-3H3;4-9,12,21H,3,10-11,13H2,1H3. The van der Waals surface area contributed by atoms with Crippen molar-refractivity contribution in [1.29, 1.82) is 0 Å². The molecule has 2 aliphatic rings. The lowest BCUT2D eigenvalue weighted by Gasteiger charge is -2.31. The van der Waals surface area contributed by atoms with Crippen LogP contribution in [-0.2, 0) is 33.9 Å². The summed E-state index contributed by atoms with van der Waals surface area (Å²) in [6.07, 6.45) is 3.54. The van der Waals surface area contributed by atoms with Crippen LogP contribution in [0.3, 0.4) is 0 Å². The second kappa shape index (κ2) is 15.0. The van der Waals surface area contributed by atoms with Gasteiger partial charge in [0.25, 0.3) is 0 Å². The highest BCUT2D eigenvalue weighted by Gasteiger charge is 2.42. The number of hydrogen-bond acceptors (Lipinski definition) is 4. The second-order valence-corrected chi connectivity index (χ2v) is 12.3. The summed E-state index contributed by atoms with van der Waals surface area (Å²) < 4.78 is 39.2. The van der Waals surface area contributed by atoms with Crippen LogP contribution in [0.4, 0.5) is 20.2 Å². The Balaban J connectivity index is 0.000000185. The van der Waals surface area contributed by atoms with Gasteiger partial charge in [0.2, 0.25) is 0 Å². The molecule has 0 saturated heterocycles. The molecule has 4 aromatic carbocycles. The van der Waals surface area contributed by atoms with Gasteiger partial charge in [0, 0.05) is 0 Å². The van der Waals surface area contributed by atoms with Crippen LogP contribution in [0.1, 0.15) is 59.1 Å². The number of ether oxygens (including phenoxy) is 2. The number of nitrogens with one attached hydrogen (secondary N) is 1. The Morgan fingerprint density at radius 2 is 1.15 bits per heavy atom. The van der Waals surface area contributed by atoms with Gasteiger partial charge in [0.1, 0.15) is 22.8 Å². The maximum atomic E-state index is 13.4. The lowest BCUT2D eigenvalue weighted by molar-refractivity contribution is -0.0140. The summed E-state index contributed by atoms with van der Waals surface area (Å²) in [7, 11) is 6.03. The van der Waals surface area contributed by atoms with Crippen LogP contribution < -0.4 is 5.32 Å². The molecule has 0 amide bonds. The molecule has 4 aromatic rings. The van der Waals surface area contributed by atoms with E-state index in [0.29, 0.717) is 24.6 Å². The van der Waals surface area contributed by atoms with Crippen LogP contribution in [0.5, 0.6) is 0 Å². The molecule has 0 spiro atoms. The van der Waals surface area contributed by atoms with Gasteiger partial charge in [0.15, 0.2) is 11.4 Å². The molecule has 0 radical (unpaired) electrons. The largest absolute Gasteiger partial charge is 0.361 e. The van der Waals surface area contributed by atoms with E-state index in [4.69, 9.17) is 22.6 Å². The number of hydrogen-bond donors (Lipinski definition) is 1. The highest BCUT2D eigenvalue weighted by atomic mass is 19.1. The van der Waals surface area contributed by atoms with E-state index in [-0.39, 0.29) is 11.6 Å². The normalized spacial score (nSPS) is 19.3. The number of benzene rings is 4. The van der Waals surface area contributed by atoms with Gasteiger partial charge >= 0.3 is 0 Å². The van der Waals surface area contributed by atoms with E-state index in [2.05, 4.69) is 34.0 Å². The van der Waals surface area contributed by atoms with E-state index in [1.54, 1.807) is 12.1 Å². The first-order valence-electron chi connectivity index (χ1n) is 15.9. The Hall–Kier alpha value is -4.44. The molecule has 242 valence electrons. The summed E-state index contributed by atoms with van der Waals surface area (Å²) in [4.78, 5) is 9.14. The third kappa shape index (κ3) is 7.27. The molecule has 0 fully saturated rings. The first-order valence-corrected chi connectivity index (χ1v) is 15.9. The van der Waals surface area contributed by atoms with Gasteiger partial charge in [-0.2, -0.15) is 0 Å². The van der Waals surface area contributed by atoms with Gasteiger partial charge in [-0.3, -0.25) is 0 Å². The Kier molecular flexibility index (Phi) is 10.8. The zero-order valence-corrected chi connectivity index (χ0v) is 27.2. The van der Waals surface area contributed by atoms with Crippen molar-refractivity contribution >= 4 is 11.4 Å². The van der Waals surface area contributed by atoms with Crippen molar-refractivity contribution in [2.45, 2.75) is 50.1 Å². The van der Waals surface area contributed by atoms with E-state index in [1.807, 2.05) is 55.6 Å². The fraction of sp³-hybridized carbons (Fsp3) is 0.333. The van der Waals surface area contributed by atoms with Gasteiger partial charge in [0.05, 0.1) is 26.4 Å². The van der Waals surface area contributed by atoms with E-state index in [9.17, 15) is 8.78 Å². The summed E-state index contributed by atoms with van der Waals surface area (Å²) in [5.74, 6) is -0.496. The minimum atomic E-state index is -0.556. The minimum absolute atomic E-state index is 0.247. The van der Waals surface area contributed by atoms with Gasteiger partial charge in [-0.15, -0.1) is 0 Å². The molecule has 8 heteroatoms. The lowest BCUT2D eigenvalue weighted by Crippen LogP contribution is -2.28. The molecule has 0 aliphatic carbocycles. The summed E-state index contributed by atoms with van der Waals surface area (Å²) in [5, 5.41) is 3.16. The molecular weight excluding hydrogens is 594 g/mol. The van der Waals surface area contributed by atoms with Gasteiger partial charge in [-0.25, -0.2) is 18.5 Å². The highest BCUT2D eigenvalue weighted by Crippen LogP contribution is 2.47. The predicted molar refractivity (Wildman–Crippen MR) is 180 cm³/mol. The molecule has 2 unspecified atom stereocenters. The monoisotopic (exact) mass is 634 g/mol. The maximum Gasteiger partial charge on any atom is 0.187 e. The van der Waals surface area contributed by atoms with Crippen LogP contribution in [0.2, 0.25) is 0 Å². The second-order valence-electron chi connectivity index (χ2n) is 12.3. The zero-order valence-electron chi connectivity index (χ0n) is 27.2. The van der Waals surface area contributed by atoms with Crippen molar-refractivity contribution in [3.8, 4) is 0 Å². The van der Waals surface area contributed by atoms with E-state index >= 15 is 0 Å². The van der Waals surface area contributed by atoms with Crippen molar-refractivity contribution in [1.82, 2.24) is 10.2 Å². The topological polar surface area (TPSA) is 42.4 Å². The number of halogens is 2. The highest BCUT2D eigenvalue weighted by molar-refractivity contribution is 5.55. The molecular formula is C39H40F2N4O2. The quantitative estimate of drug-likeness (QED) is 0.140. The number of rotatable bonds is 10. The molecule has 0 saturated carbocycles. The first kappa shape index (κ1) is 33.9. The van der Waals surface area contributed by atoms with Crippen LogP contribution in [-0.4, -0.2) is 39.1 Å². The summed E-state index contributed by atoms with van der Waals surface area (Å²) in [6.45, 7) is 17.2. The van der Waals surface area contributed by atoms with Crippen molar-refractivity contribution in [2.75, 3.05) is 34.2 Å². The maximum absolute atomic E-state index is 13.4. The molecule has 1 N–H and O–H groups in total. The van der Waals surface area contributed by atoms with Crippen LogP contribution in [0, 0.1) is 24.8 Å². The molecule has 47 heavy (non-hydrogen) atoms. The van der Waals surface area contributed by atoms with E-state index in [1.165, 1.54) is 24.3 Å². The third-order valence-electron chi connectivity index (χ3n) is 8.96. The minimum Gasteiger partial charge on any atom is -0.361 e. The Morgan fingerprint density at radius 3 is 1.55 bits per heavy atom. The molecule has 0 bridgehead atoms. The fourth-order valence-corrected chi connectivity index (χ4v) is 6.66. The Morgan fingerprint density at radius 1 is 0.702 bits per heavy atom. The molecule has 0 aromatic heterocycles. The molecule has 2 atom stereocenters. The molecule has 6 nitrogen and oxygen atoms in total. The first-order chi connectivity index (χ1) is 22.7. The van der Waals surface area contributed by atoms with Gasteiger partial charge in [-0.05, 0) is 118 Å². The van der Waals surface area contributed by atoms with E-state index < -0.39 is 11.2 Å². The Labute approximate surface area is 276 Å². The van der Waals surface area contributed by atoms with Crippen molar-refractivity contribution in [2.24, 2.45) is 0 Å². The summed E-state index contributed by atoms with van der Waals surface area (Å²) >= 11 is 0. The SMILES string of the molecule is [C-]#[N+]c1ccc2c(c1)COC2(CCCN(C)C)c1ccc(F)cc1.[C-]#[N+]c1ccc2c(c1)COC2(CCCNC)c1ccc(F)cc1. The van der Waals surface area contributed by atoms with Crippen LogP contribution in [0.15, 0.2) is 84.9 Å². The van der Waals surface area contributed by atoms with Crippen LogP contribution in [0.25, 0.3) is 9.69 Å². The fourth-order valence-electron chi connectivity index (χ4n) is 6.66. The predicted octanol–water partition coefficient (Wildman–Crippen LogP) is 8.64. The molecule has 2 aliphatic heterocycles.